The smallest absolute Gasteiger partial charge is 0.0929 e. The van der Waals surface area contributed by atoms with Gasteiger partial charge in [0, 0.05) is 32.5 Å². The molecule has 2 heterocycles. The minimum atomic E-state index is -0.495. The molecule has 0 aliphatic carbocycles. The van der Waals surface area contributed by atoms with E-state index in [0.717, 1.165) is 5.56 Å². The Balaban J connectivity index is 1.86. The summed E-state index contributed by atoms with van der Waals surface area (Å²) in [4.78, 5) is 0. The fourth-order valence-corrected chi connectivity index (χ4v) is 1.79. The van der Waals surface area contributed by atoms with Crippen molar-refractivity contribution in [3.63, 3.8) is 0 Å². The van der Waals surface area contributed by atoms with Crippen LogP contribution in [-0.2, 0) is 11.8 Å². The number of aliphatic hydroxyl groups excluding tert-OH is 1. The zero-order chi connectivity index (χ0) is 11.6. The fourth-order valence-electron chi connectivity index (χ4n) is 1.79. The zero-order valence-electron chi connectivity index (χ0n) is 9.52. The van der Waals surface area contributed by atoms with Gasteiger partial charge >= 0.3 is 0 Å². The largest absolute Gasteiger partial charge is 0.387 e. The van der Waals surface area contributed by atoms with Crippen molar-refractivity contribution in [1.82, 2.24) is 9.88 Å². The molecule has 0 radical (unpaired) electrons. The van der Waals surface area contributed by atoms with Crippen molar-refractivity contribution in [2.75, 3.05) is 26.3 Å². The maximum atomic E-state index is 9.95. The maximum absolute atomic E-state index is 9.95. The molecule has 1 aromatic heterocycles. The third-order valence-corrected chi connectivity index (χ3v) is 3.06. The summed E-state index contributed by atoms with van der Waals surface area (Å²) in [6.07, 6.45) is 3.34. The first-order chi connectivity index (χ1) is 7.65. The van der Waals surface area contributed by atoms with E-state index in [2.05, 4.69) is 5.32 Å². The Morgan fingerprint density at radius 3 is 2.88 bits per heavy atom. The second kappa shape index (κ2) is 4.55. The number of rotatable bonds is 5. The number of hydrogen-bond acceptors (Lipinski definition) is 4. The van der Waals surface area contributed by atoms with Crippen LogP contribution in [0.3, 0.4) is 0 Å². The number of nitrogens with two attached hydrogens (primary N) is 1. The van der Waals surface area contributed by atoms with Crippen molar-refractivity contribution in [2.45, 2.75) is 11.6 Å². The highest BCUT2D eigenvalue weighted by molar-refractivity contribution is 5.14. The quantitative estimate of drug-likeness (QED) is 0.624. The molecular formula is C11H19N3O2. The van der Waals surface area contributed by atoms with Gasteiger partial charge in [-0.15, -0.1) is 0 Å². The second-order valence-corrected chi connectivity index (χ2v) is 4.48. The topological polar surface area (TPSA) is 72.4 Å². The van der Waals surface area contributed by atoms with Gasteiger partial charge in [-0.2, -0.15) is 0 Å². The van der Waals surface area contributed by atoms with Crippen molar-refractivity contribution in [3.05, 3.63) is 24.0 Å². The van der Waals surface area contributed by atoms with Crippen LogP contribution in [0.2, 0.25) is 0 Å². The SMILES string of the molecule is Cn1ccc(C(O)CNC2(CN)COC2)c1. The summed E-state index contributed by atoms with van der Waals surface area (Å²) in [5, 5.41) is 13.2. The molecule has 1 atom stereocenters. The van der Waals surface area contributed by atoms with E-state index in [1.807, 2.05) is 30.1 Å². The molecule has 1 aliphatic rings. The molecule has 90 valence electrons. The average molecular weight is 225 g/mol. The summed E-state index contributed by atoms with van der Waals surface area (Å²) in [6.45, 7) is 2.30. The predicted octanol–water partition coefficient (Wildman–Crippen LogP) is -0.624. The van der Waals surface area contributed by atoms with Crippen molar-refractivity contribution in [2.24, 2.45) is 12.8 Å². The van der Waals surface area contributed by atoms with Gasteiger partial charge in [-0.3, -0.25) is 0 Å². The second-order valence-electron chi connectivity index (χ2n) is 4.48. The molecule has 0 amide bonds. The minimum Gasteiger partial charge on any atom is -0.387 e. The molecular weight excluding hydrogens is 206 g/mol. The van der Waals surface area contributed by atoms with Crippen molar-refractivity contribution < 1.29 is 9.84 Å². The Hall–Kier alpha value is -0.880. The van der Waals surface area contributed by atoms with E-state index < -0.39 is 6.10 Å². The van der Waals surface area contributed by atoms with Gasteiger partial charge in [0.15, 0.2) is 0 Å². The van der Waals surface area contributed by atoms with Crippen molar-refractivity contribution in [3.8, 4) is 0 Å². The minimum absolute atomic E-state index is 0.129. The number of aromatic nitrogens is 1. The van der Waals surface area contributed by atoms with E-state index in [-0.39, 0.29) is 5.54 Å². The molecule has 0 saturated carbocycles. The van der Waals surface area contributed by atoms with E-state index in [4.69, 9.17) is 10.5 Å². The molecule has 16 heavy (non-hydrogen) atoms. The average Bonchev–Trinajstić information content (AvgIpc) is 2.64. The lowest BCUT2D eigenvalue weighted by molar-refractivity contribution is -0.0728. The van der Waals surface area contributed by atoms with Gasteiger partial charge < -0.3 is 25.5 Å². The molecule has 0 spiro atoms. The van der Waals surface area contributed by atoms with E-state index >= 15 is 0 Å². The summed E-state index contributed by atoms with van der Waals surface area (Å²) < 4.78 is 7.06. The fraction of sp³-hybridized carbons (Fsp3) is 0.636. The molecule has 0 bridgehead atoms. The summed E-state index contributed by atoms with van der Waals surface area (Å²) in [7, 11) is 1.94. The number of aryl methyl sites for hydroxylation is 1. The summed E-state index contributed by atoms with van der Waals surface area (Å²) in [5.74, 6) is 0. The normalized spacial score (nSPS) is 20.4. The molecule has 2 rings (SSSR count). The molecule has 0 aromatic carbocycles. The highest BCUT2D eigenvalue weighted by Gasteiger charge is 2.37. The van der Waals surface area contributed by atoms with Gasteiger partial charge in [0.2, 0.25) is 0 Å². The standard InChI is InChI=1S/C11H19N3O2/c1-14-3-2-9(5-14)10(15)4-13-11(6-12)7-16-8-11/h2-3,5,10,13,15H,4,6-8,12H2,1H3. The third kappa shape index (κ3) is 2.27. The Morgan fingerprint density at radius 2 is 2.44 bits per heavy atom. The van der Waals surface area contributed by atoms with Crippen molar-refractivity contribution in [1.29, 1.82) is 0 Å². The monoisotopic (exact) mass is 225 g/mol. The van der Waals surface area contributed by atoms with Crippen LogP contribution in [0, 0.1) is 0 Å². The first-order valence-corrected chi connectivity index (χ1v) is 5.48. The Kier molecular flexibility index (Phi) is 3.30. The van der Waals surface area contributed by atoms with Crippen LogP contribution in [0.5, 0.6) is 0 Å². The highest BCUT2D eigenvalue weighted by atomic mass is 16.5. The highest BCUT2D eigenvalue weighted by Crippen LogP contribution is 2.18. The van der Waals surface area contributed by atoms with E-state index in [1.54, 1.807) is 0 Å². The number of hydrogen-bond donors (Lipinski definition) is 3. The molecule has 5 heteroatoms. The van der Waals surface area contributed by atoms with Crippen LogP contribution in [0.1, 0.15) is 11.7 Å². The lowest BCUT2D eigenvalue weighted by Gasteiger charge is -2.41. The van der Waals surface area contributed by atoms with Crippen molar-refractivity contribution >= 4 is 0 Å². The van der Waals surface area contributed by atoms with E-state index in [0.29, 0.717) is 26.3 Å². The van der Waals surface area contributed by atoms with E-state index in [9.17, 15) is 5.11 Å². The van der Waals surface area contributed by atoms with Gasteiger partial charge in [0.1, 0.15) is 0 Å². The van der Waals surface area contributed by atoms with Gasteiger partial charge in [-0.25, -0.2) is 0 Å². The Bertz CT molecular complexity index is 341. The predicted molar refractivity (Wildman–Crippen MR) is 61.0 cm³/mol. The number of ether oxygens (including phenoxy) is 1. The first kappa shape index (κ1) is 11.6. The number of β-amino-alcohol motifs (C(OH)–C–C–N with tert-alkyl or cyclic N) is 1. The molecule has 4 N–H and O–H groups in total. The maximum Gasteiger partial charge on any atom is 0.0929 e. The molecule has 1 unspecified atom stereocenters. The van der Waals surface area contributed by atoms with Gasteiger partial charge in [-0.05, 0) is 11.6 Å². The summed E-state index contributed by atoms with van der Waals surface area (Å²) in [6, 6.07) is 1.92. The van der Waals surface area contributed by atoms with Gasteiger partial charge in [0.05, 0.1) is 24.9 Å². The molecule has 1 aromatic rings. The first-order valence-electron chi connectivity index (χ1n) is 5.48. The zero-order valence-corrected chi connectivity index (χ0v) is 9.52. The number of nitrogens with zero attached hydrogens (tertiary/aromatic N) is 1. The van der Waals surface area contributed by atoms with Crippen LogP contribution in [-0.4, -0.2) is 41.5 Å². The summed E-state index contributed by atoms with van der Waals surface area (Å²) >= 11 is 0. The van der Waals surface area contributed by atoms with Crippen LogP contribution < -0.4 is 11.1 Å². The summed E-state index contributed by atoms with van der Waals surface area (Å²) in [5.41, 5.74) is 6.46. The Labute approximate surface area is 95.2 Å². The molecule has 1 saturated heterocycles. The van der Waals surface area contributed by atoms with Gasteiger partial charge in [-0.1, -0.05) is 0 Å². The van der Waals surface area contributed by atoms with Crippen LogP contribution in [0.25, 0.3) is 0 Å². The number of aliphatic hydroxyl groups is 1. The molecule has 1 aliphatic heterocycles. The van der Waals surface area contributed by atoms with E-state index in [1.165, 1.54) is 0 Å². The third-order valence-electron chi connectivity index (χ3n) is 3.06. The Morgan fingerprint density at radius 1 is 1.69 bits per heavy atom. The van der Waals surface area contributed by atoms with Crippen LogP contribution in [0.4, 0.5) is 0 Å². The molecule has 5 nitrogen and oxygen atoms in total. The lowest BCUT2D eigenvalue weighted by Crippen LogP contribution is -2.65. The van der Waals surface area contributed by atoms with Crippen LogP contribution >= 0.6 is 0 Å². The molecule has 1 fully saturated rings. The lowest BCUT2D eigenvalue weighted by atomic mass is 9.97. The van der Waals surface area contributed by atoms with Gasteiger partial charge in [0.25, 0.3) is 0 Å². The van der Waals surface area contributed by atoms with Crippen LogP contribution in [0.15, 0.2) is 18.5 Å². The number of nitrogens with one attached hydrogen (secondary N) is 1.